The first-order valence-electron chi connectivity index (χ1n) is 9.57. The SMILES string of the molecule is CN1C(=O)CC[C@]2(C(=O)OC(C)(C)C)CC[C@H](Cc3ccc(F)c(F)c3)[C@]12O. The van der Waals surface area contributed by atoms with Gasteiger partial charge in [0.15, 0.2) is 17.4 Å². The fourth-order valence-electron chi connectivity index (χ4n) is 4.70. The van der Waals surface area contributed by atoms with Crippen LogP contribution in [0.25, 0.3) is 0 Å². The van der Waals surface area contributed by atoms with Crippen molar-refractivity contribution in [2.24, 2.45) is 11.3 Å². The van der Waals surface area contributed by atoms with Crippen LogP contribution in [0.4, 0.5) is 8.78 Å². The third-order valence-electron chi connectivity index (χ3n) is 6.10. The number of carbonyl (C=O) groups excluding carboxylic acids is 2. The molecular weight excluding hydrogens is 368 g/mol. The average Bonchev–Trinajstić information content (AvgIpc) is 2.88. The minimum absolute atomic E-state index is 0.149. The summed E-state index contributed by atoms with van der Waals surface area (Å²) in [5.74, 6) is -3.18. The molecule has 1 aliphatic heterocycles. The van der Waals surface area contributed by atoms with Gasteiger partial charge in [-0.1, -0.05) is 6.07 Å². The number of halogens is 2. The zero-order valence-corrected chi connectivity index (χ0v) is 16.7. The maximum Gasteiger partial charge on any atom is 0.317 e. The van der Waals surface area contributed by atoms with E-state index in [0.29, 0.717) is 18.4 Å². The summed E-state index contributed by atoms with van der Waals surface area (Å²) >= 11 is 0. The summed E-state index contributed by atoms with van der Waals surface area (Å²) < 4.78 is 32.5. The van der Waals surface area contributed by atoms with Gasteiger partial charge in [0.25, 0.3) is 0 Å². The van der Waals surface area contributed by atoms with Crippen LogP contribution in [0.1, 0.15) is 52.0 Å². The molecule has 0 aromatic heterocycles. The molecule has 2 fully saturated rings. The van der Waals surface area contributed by atoms with E-state index in [2.05, 4.69) is 0 Å². The van der Waals surface area contributed by atoms with Crippen LogP contribution in [-0.2, 0) is 20.7 Å². The standard InChI is InChI=1S/C21H27F2NO4/c1-19(2,3)28-18(26)20-9-7-14(11-13-5-6-15(22)16(23)12-13)21(20,27)24(4)17(25)8-10-20/h5-6,12,14,27H,7-11H2,1-4H3/t14-,20+,21-/m1/s1. The Labute approximate surface area is 163 Å². The number of aliphatic hydroxyl groups is 1. The number of rotatable bonds is 3. The Hall–Kier alpha value is -2.02. The lowest BCUT2D eigenvalue weighted by Gasteiger charge is -2.52. The van der Waals surface area contributed by atoms with Crippen LogP contribution in [0.5, 0.6) is 0 Å². The van der Waals surface area contributed by atoms with Crippen LogP contribution in [0.3, 0.4) is 0 Å². The van der Waals surface area contributed by atoms with Gasteiger partial charge in [0.1, 0.15) is 11.0 Å². The third kappa shape index (κ3) is 3.19. The highest BCUT2D eigenvalue weighted by molar-refractivity contribution is 5.86. The maximum absolute atomic E-state index is 13.6. The number of fused-ring (bicyclic) bond motifs is 1. The van der Waals surface area contributed by atoms with E-state index < -0.39 is 40.3 Å². The van der Waals surface area contributed by atoms with Crippen molar-refractivity contribution in [2.45, 2.75) is 64.2 Å². The molecule has 3 rings (SSSR count). The lowest BCUT2D eigenvalue weighted by atomic mass is 9.69. The van der Waals surface area contributed by atoms with E-state index in [-0.39, 0.29) is 25.2 Å². The highest BCUT2D eigenvalue weighted by atomic mass is 19.2. The summed E-state index contributed by atoms with van der Waals surface area (Å²) in [6, 6.07) is 3.59. The van der Waals surface area contributed by atoms with E-state index >= 15 is 0 Å². The van der Waals surface area contributed by atoms with E-state index in [4.69, 9.17) is 4.74 Å². The topological polar surface area (TPSA) is 66.8 Å². The van der Waals surface area contributed by atoms with E-state index in [9.17, 15) is 23.5 Å². The number of hydrogen-bond donors (Lipinski definition) is 1. The first-order valence-corrected chi connectivity index (χ1v) is 9.57. The zero-order chi connectivity index (χ0) is 20.9. The van der Waals surface area contributed by atoms with Crippen molar-refractivity contribution >= 4 is 11.9 Å². The number of nitrogens with zero attached hydrogens (tertiary/aromatic N) is 1. The molecule has 0 spiro atoms. The van der Waals surface area contributed by atoms with Gasteiger partial charge in [0, 0.05) is 19.4 Å². The molecule has 0 unspecified atom stereocenters. The number of likely N-dealkylation sites (tertiary alicyclic amines) is 1. The molecule has 7 heteroatoms. The fourth-order valence-corrected chi connectivity index (χ4v) is 4.70. The van der Waals surface area contributed by atoms with Crippen molar-refractivity contribution in [1.29, 1.82) is 0 Å². The normalized spacial score (nSPS) is 30.3. The number of piperidine rings is 1. The van der Waals surface area contributed by atoms with Gasteiger partial charge in [-0.25, -0.2) is 8.78 Å². The predicted molar refractivity (Wildman–Crippen MR) is 98.0 cm³/mol. The number of carbonyl (C=O) groups is 2. The molecule has 1 aromatic carbocycles. The second-order valence-electron chi connectivity index (χ2n) is 8.95. The van der Waals surface area contributed by atoms with Gasteiger partial charge in [0.2, 0.25) is 5.91 Å². The minimum atomic E-state index is -1.74. The molecule has 1 saturated carbocycles. The Bertz CT molecular complexity index is 806. The van der Waals surface area contributed by atoms with Crippen LogP contribution in [0.2, 0.25) is 0 Å². The fraction of sp³-hybridized carbons (Fsp3) is 0.619. The molecule has 0 bridgehead atoms. The first kappa shape index (κ1) is 20.7. The Kier molecular flexibility index (Phi) is 5.02. The van der Waals surface area contributed by atoms with Crippen molar-refractivity contribution in [3.63, 3.8) is 0 Å². The summed E-state index contributed by atoms with van der Waals surface area (Å²) in [6.07, 6.45) is 1.40. The molecule has 0 radical (unpaired) electrons. The molecule has 2 aliphatic rings. The van der Waals surface area contributed by atoms with Crippen LogP contribution in [0, 0.1) is 23.0 Å². The molecule has 1 N–H and O–H groups in total. The number of ether oxygens (including phenoxy) is 1. The van der Waals surface area contributed by atoms with Crippen LogP contribution in [0.15, 0.2) is 18.2 Å². The van der Waals surface area contributed by atoms with Gasteiger partial charge < -0.3 is 14.7 Å². The second kappa shape index (κ2) is 6.79. The maximum atomic E-state index is 13.6. The average molecular weight is 395 g/mol. The van der Waals surface area contributed by atoms with Gasteiger partial charge in [-0.15, -0.1) is 0 Å². The summed E-state index contributed by atoms with van der Waals surface area (Å²) in [4.78, 5) is 26.8. The van der Waals surface area contributed by atoms with Gasteiger partial charge >= 0.3 is 5.97 Å². The molecular formula is C21H27F2NO4. The molecule has 1 heterocycles. The van der Waals surface area contributed by atoms with Crippen molar-refractivity contribution in [1.82, 2.24) is 4.90 Å². The summed E-state index contributed by atoms with van der Waals surface area (Å²) in [5.41, 5.74) is -3.20. The second-order valence-corrected chi connectivity index (χ2v) is 8.95. The molecule has 3 atom stereocenters. The number of benzene rings is 1. The number of hydrogen-bond acceptors (Lipinski definition) is 4. The number of amides is 1. The molecule has 1 amide bonds. The van der Waals surface area contributed by atoms with Crippen molar-refractivity contribution < 1.29 is 28.2 Å². The largest absolute Gasteiger partial charge is 0.459 e. The van der Waals surface area contributed by atoms with E-state index in [1.54, 1.807) is 20.8 Å². The van der Waals surface area contributed by atoms with Gasteiger partial charge in [-0.3, -0.25) is 9.59 Å². The smallest absolute Gasteiger partial charge is 0.317 e. The highest BCUT2D eigenvalue weighted by Gasteiger charge is 2.69. The Morgan fingerprint density at radius 3 is 2.57 bits per heavy atom. The van der Waals surface area contributed by atoms with Crippen LogP contribution in [-0.4, -0.2) is 40.3 Å². The Balaban J connectivity index is 1.98. The number of esters is 1. The molecule has 1 aromatic rings. The van der Waals surface area contributed by atoms with Crippen LogP contribution < -0.4 is 0 Å². The van der Waals surface area contributed by atoms with E-state index in [1.807, 2.05) is 0 Å². The van der Waals surface area contributed by atoms with E-state index in [0.717, 1.165) is 12.1 Å². The summed E-state index contributed by atoms with van der Waals surface area (Å²) in [6.45, 7) is 5.27. The molecule has 1 aliphatic carbocycles. The minimum Gasteiger partial charge on any atom is -0.459 e. The van der Waals surface area contributed by atoms with Gasteiger partial charge in [-0.2, -0.15) is 0 Å². The molecule has 1 saturated heterocycles. The van der Waals surface area contributed by atoms with Crippen molar-refractivity contribution in [3.8, 4) is 0 Å². The molecule has 154 valence electrons. The van der Waals surface area contributed by atoms with Gasteiger partial charge in [0.05, 0.1) is 0 Å². The lowest BCUT2D eigenvalue weighted by Crippen LogP contribution is -2.67. The van der Waals surface area contributed by atoms with E-state index in [1.165, 1.54) is 18.0 Å². The summed E-state index contributed by atoms with van der Waals surface area (Å²) in [5, 5.41) is 11.7. The third-order valence-corrected chi connectivity index (χ3v) is 6.10. The molecule has 28 heavy (non-hydrogen) atoms. The van der Waals surface area contributed by atoms with Crippen molar-refractivity contribution in [2.75, 3.05) is 7.05 Å². The Morgan fingerprint density at radius 2 is 1.96 bits per heavy atom. The highest BCUT2D eigenvalue weighted by Crippen LogP contribution is 2.58. The van der Waals surface area contributed by atoms with Gasteiger partial charge in [-0.05, 0) is 64.2 Å². The van der Waals surface area contributed by atoms with Crippen molar-refractivity contribution in [3.05, 3.63) is 35.4 Å². The zero-order valence-electron chi connectivity index (χ0n) is 16.7. The Morgan fingerprint density at radius 1 is 1.29 bits per heavy atom. The molecule has 5 nitrogen and oxygen atoms in total. The quantitative estimate of drug-likeness (QED) is 0.799. The predicted octanol–water partition coefficient (Wildman–Crippen LogP) is 3.19. The monoisotopic (exact) mass is 395 g/mol. The first-order chi connectivity index (χ1) is 12.9. The lowest BCUT2D eigenvalue weighted by molar-refractivity contribution is -0.231. The summed E-state index contributed by atoms with van der Waals surface area (Å²) in [7, 11) is 1.49. The van der Waals surface area contributed by atoms with Crippen LogP contribution >= 0.6 is 0 Å².